The molecule has 3 aromatic rings. The Morgan fingerprint density at radius 2 is 1.69 bits per heavy atom. The number of nitrogens with one attached hydrogen (secondary N) is 1. The minimum Gasteiger partial charge on any atom is -0.507 e. The average Bonchev–Trinajstić information content (AvgIpc) is 2.67. The van der Waals surface area contributed by atoms with E-state index in [2.05, 4.69) is 15.3 Å². The number of fused-ring (bicyclic) bond motifs is 1. The molecule has 0 radical (unpaired) electrons. The number of phenols is 1. The topological polar surface area (TPSA) is 88.0 Å². The van der Waals surface area contributed by atoms with E-state index >= 15 is 0 Å². The zero-order valence-electron chi connectivity index (χ0n) is 14.0. The van der Waals surface area contributed by atoms with Crippen molar-refractivity contribution in [3.8, 4) is 5.75 Å². The van der Waals surface area contributed by atoms with Crippen molar-refractivity contribution >= 4 is 28.9 Å². The van der Waals surface area contributed by atoms with Gasteiger partial charge in [-0.3, -0.25) is 4.79 Å². The van der Waals surface area contributed by atoms with Crippen LogP contribution in [0.2, 0.25) is 0 Å². The number of amides is 1. The maximum absolute atomic E-state index is 12.2. The van der Waals surface area contributed by atoms with Crippen LogP contribution in [0.4, 0.5) is 0 Å². The zero-order valence-corrected chi connectivity index (χ0v) is 14.0. The van der Waals surface area contributed by atoms with Gasteiger partial charge in [-0.05, 0) is 40.6 Å². The Balaban J connectivity index is 1.71. The Labute approximate surface area is 149 Å². The molecule has 0 unspecified atom stereocenters. The predicted octanol–water partition coefficient (Wildman–Crippen LogP) is 3.10. The Hall–Kier alpha value is -3.67. The largest absolute Gasteiger partial charge is 0.507 e. The lowest BCUT2D eigenvalue weighted by Gasteiger charge is -2.05. The molecule has 0 heterocycles. The first kappa shape index (κ1) is 17.2. The van der Waals surface area contributed by atoms with Crippen LogP contribution in [0.15, 0.2) is 65.8 Å². The second-order valence-electron chi connectivity index (χ2n) is 5.53. The molecule has 0 aliphatic rings. The van der Waals surface area contributed by atoms with Crippen molar-refractivity contribution < 1.29 is 19.4 Å². The highest BCUT2D eigenvalue weighted by atomic mass is 16.5. The molecule has 3 rings (SSSR count). The normalized spacial score (nSPS) is 10.8. The summed E-state index contributed by atoms with van der Waals surface area (Å²) in [5, 5.41) is 15.6. The first-order valence-electron chi connectivity index (χ1n) is 7.82. The molecule has 1 amide bonds. The van der Waals surface area contributed by atoms with E-state index in [1.807, 2.05) is 24.3 Å². The molecule has 6 heteroatoms. The quantitative estimate of drug-likeness (QED) is 0.431. The van der Waals surface area contributed by atoms with Crippen LogP contribution < -0.4 is 5.43 Å². The lowest BCUT2D eigenvalue weighted by molar-refractivity contribution is 0.0600. The molecule has 2 N–H and O–H groups in total. The molecule has 0 aliphatic heterocycles. The number of methoxy groups -OCH3 is 1. The Bertz CT molecular complexity index is 994. The summed E-state index contributed by atoms with van der Waals surface area (Å²) >= 11 is 0. The predicted molar refractivity (Wildman–Crippen MR) is 98.5 cm³/mol. The van der Waals surface area contributed by atoms with Crippen molar-refractivity contribution in [2.45, 2.75) is 0 Å². The molecular weight excluding hydrogens is 332 g/mol. The van der Waals surface area contributed by atoms with Crippen molar-refractivity contribution in [2.24, 2.45) is 5.10 Å². The van der Waals surface area contributed by atoms with Gasteiger partial charge in [0.1, 0.15) is 5.75 Å². The Morgan fingerprint density at radius 3 is 2.35 bits per heavy atom. The molecule has 6 nitrogen and oxygen atoms in total. The number of ether oxygens (including phenoxy) is 1. The van der Waals surface area contributed by atoms with E-state index in [-0.39, 0.29) is 11.3 Å². The van der Waals surface area contributed by atoms with Crippen LogP contribution in [-0.2, 0) is 4.74 Å². The minimum atomic E-state index is -0.518. The van der Waals surface area contributed by atoms with Crippen molar-refractivity contribution in [3.05, 3.63) is 77.4 Å². The first-order valence-corrected chi connectivity index (χ1v) is 7.82. The highest BCUT2D eigenvalue weighted by Gasteiger charge is 2.11. The fourth-order valence-corrected chi connectivity index (χ4v) is 2.46. The smallest absolute Gasteiger partial charge is 0.337 e. The number of nitrogens with zero attached hydrogens (tertiary/aromatic N) is 1. The molecule has 26 heavy (non-hydrogen) atoms. The van der Waals surface area contributed by atoms with Gasteiger partial charge in [0, 0.05) is 0 Å². The van der Waals surface area contributed by atoms with Crippen LogP contribution in [0.3, 0.4) is 0 Å². The number of hydrogen-bond acceptors (Lipinski definition) is 5. The van der Waals surface area contributed by atoms with E-state index in [4.69, 9.17) is 0 Å². The van der Waals surface area contributed by atoms with E-state index in [1.54, 1.807) is 36.4 Å². The molecule has 3 aromatic carbocycles. The van der Waals surface area contributed by atoms with Crippen LogP contribution in [0.5, 0.6) is 5.75 Å². The van der Waals surface area contributed by atoms with Gasteiger partial charge in [0.2, 0.25) is 0 Å². The molecule has 130 valence electrons. The fourth-order valence-electron chi connectivity index (χ4n) is 2.46. The highest BCUT2D eigenvalue weighted by molar-refractivity contribution is 6.01. The van der Waals surface area contributed by atoms with Gasteiger partial charge in [0.25, 0.3) is 5.91 Å². The van der Waals surface area contributed by atoms with Crippen molar-refractivity contribution in [1.29, 1.82) is 0 Å². The summed E-state index contributed by atoms with van der Waals surface area (Å²) < 4.78 is 4.63. The van der Waals surface area contributed by atoms with Gasteiger partial charge in [-0.15, -0.1) is 0 Å². The van der Waals surface area contributed by atoms with E-state index in [9.17, 15) is 14.7 Å². The van der Waals surface area contributed by atoms with Gasteiger partial charge in [-0.2, -0.15) is 5.10 Å². The van der Waals surface area contributed by atoms with Gasteiger partial charge in [0.05, 0.1) is 24.5 Å². The van der Waals surface area contributed by atoms with Crippen LogP contribution in [0, 0.1) is 0 Å². The van der Waals surface area contributed by atoms with Crippen molar-refractivity contribution in [3.63, 3.8) is 0 Å². The number of aromatic hydroxyl groups is 1. The second-order valence-corrected chi connectivity index (χ2v) is 5.53. The summed E-state index contributed by atoms with van der Waals surface area (Å²) in [6, 6.07) is 17.1. The van der Waals surface area contributed by atoms with Gasteiger partial charge in [-0.25, -0.2) is 10.2 Å². The monoisotopic (exact) mass is 348 g/mol. The molecular formula is C20H16N2O4. The number of hydrazone groups is 1. The fraction of sp³-hybridized carbons (Fsp3) is 0.0500. The zero-order chi connectivity index (χ0) is 18.5. The summed E-state index contributed by atoms with van der Waals surface area (Å²) in [5.41, 5.74) is 3.64. The van der Waals surface area contributed by atoms with Gasteiger partial charge < -0.3 is 9.84 Å². The third-order valence-electron chi connectivity index (χ3n) is 3.82. The van der Waals surface area contributed by atoms with Crippen LogP contribution in [0.25, 0.3) is 10.8 Å². The van der Waals surface area contributed by atoms with E-state index in [1.165, 1.54) is 13.3 Å². The van der Waals surface area contributed by atoms with Crippen LogP contribution in [-0.4, -0.2) is 30.3 Å². The standard InChI is InChI=1S/C20H16N2O4/c1-26-20(25)14-8-6-13(7-9-14)12-21-22-19(24)17-10-15-4-2-3-5-16(15)11-18(17)23/h2-12,23H,1H3,(H,22,24)/b21-12+. The van der Waals surface area contributed by atoms with Crippen LogP contribution in [0.1, 0.15) is 26.3 Å². The number of rotatable bonds is 4. The summed E-state index contributed by atoms with van der Waals surface area (Å²) in [6.07, 6.45) is 1.44. The summed E-state index contributed by atoms with van der Waals surface area (Å²) in [7, 11) is 1.31. The van der Waals surface area contributed by atoms with Crippen LogP contribution >= 0.6 is 0 Å². The van der Waals surface area contributed by atoms with Gasteiger partial charge >= 0.3 is 5.97 Å². The van der Waals surface area contributed by atoms with Gasteiger partial charge in [-0.1, -0.05) is 36.4 Å². The lowest BCUT2D eigenvalue weighted by atomic mass is 10.1. The molecule has 0 spiro atoms. The number of carbonyl (C=O) groups excluding carboxylic acids is 2. The molecule has 0 atom stereocenters. The van der Waals surface area contributed by atoms with Crippen molar-refractivity contribution in [2.75, 3.05) is 7.11 Å². The minimum absolute atomic E-state index is 0.112. The molecule has 0 aliphatic carbocycles. The average molecular weight is 348 g/mol. The summed E-state index contributed by atoms with van der Waals surface area (Å²) in [6.45, 7) is 0. The molecule has 0 saturated heterocycles. The van der Waals surface area contributed by atoms with Crippen molar-refractivity contribution in [1.82, 2.24) is 5.43 Å². The lowest BCUT2D eigenvalue weighted by Crippen LogP contribution is -2.17. The number of hydrogen-bond donors (Lipinski definition) is 2. The maximum atomic E-state index is 12.2. The third kappa shape index (κ3) is 3.70. The SMILES string of the molecule is COC(=O)c1ccc(/C=N/NC(=O)c2cc3ccccc3cc2O)cc1. The first-order chi connectivity index (χ1) is 12.6. The third-order valence-corrected chi connectivity index (χ3v) is 3.82. The maximum Gasteiger partial charge on any atom is 0.337 e. The number of benzene rings is 3. The Kier molecular flexibility index (Phi) is 4.94. The molecule has 0 aromatic heterocycles. The number of phenolic OH excluding ortho intramolecular Hbond substituents is 1. The second kappa shape index (κ2) is 7.48. The van der Waals surface area contributed by atoms with E-state index in [0.29, 0.717) is 11.1 Å². The van der Waals surface area contributed by atoms with Gasteiger partial charge in [0.15, 0.2) is 0 Å². The Morgan fingerprint density at radius 1 is 1.04 bits per heavy atom. The number of carbonyl (C=O) groups is 2. The summed E-state index contributed by atoms with van der Waals surface area (Å²) in [4.78, 5) is 23.6. The summed E-state index contributed by atoms with van der Waals surface area (Å²) in [5.74, 6) is -1.05. The van der Waals surface area contributed by atoms with E-state index < -0.39 is 11.9 Å². The number of esters is 1. The molecule has 0 saturated carbocycles. The molecule has 0 bridgehead atoms. The highest BCUT2D eigenvalue weighted by Crippen LogP contribution is 2.24. The van der Waals surface area contributed by atoms with E-state index in [0.717, 1.165) is 10.8 Å². The molecule has 0 fully saturated rings.